The highest BCUT2D eigenvalue weighted by Gasteiger charge is 2.21. The minimum Gasteiger partial charge on any atom is -0.301 e. The Bertz CT molecular complexity index is 531. The van der Waals surface area contributed by atoms with E-state index in [0.717, 1.165) is 24.2 Å². The average molecular weight is 371 g/mol. The lowest BCUT2D eigenvalue weighted by atomic mass is 10.2. The van der Waals surface area contributed by atoms with E-state index >= 15 is 0 Å². The fraction of sp³-hybridized carbons (Fsp3) is 0.667. The minimum atomic E-state index is -3.68. The second kappa shape index (κ2) is 7.27. The highest BCUT2D eigenvalue weighted by atomic mass is 79.9. The zero-order chi connectivity index (χ0) is 14.5. The summed E-state index contributed by atoms with van der Waals surface area (Å²) in [4.78, 5) is 10.9. The third kappa shape index (κ3) is 5.51. The molecule has 0 aliphatic heterocycles. The SMILES string of the molecule is CCCC(Br)CNS(=O)(=O)c1nnc(NC(C)=O)s1. The molecule has 1 rings (SSSR count). The number of hydrogen-bond donors (Lipinski definition) is 2. The van der Waals surface area contributed by atoms with Crippen molar-refractivity contribution < 1.29 is 13.2 Å². The number of anilines is 1. The summed E-state index contributed by atoms with van der Waals surface area (Å²) in [7, 11) is -3.68. The van der Waals surface area contributed by atoms with Crippen molar-refractivity contribution in [2.45, 2.75) is 35.9 Å². The average Bonchev–Trinajstić information content (AvgIpc) is 2.75. The monoisotopic (exact) mass is 370 g/mol. The molecule has 0 saturated heterocycles. The normalized spacial score (nSPS) is 13.2. The number of nitrogens with zero attached hydrogens (tertiary/aromatic N) is 2. The van der Waals surface area contributed by atoms with Crippen molar-refractivity contribution in [2.75, 3.05) is 11.9 Å². The first kappa shape index (κ1) is 16.5. The van der Waals surface area contributed by atoms with Gasteiger partial charge in [-0.25, -0.2) is 13.1 Å². The van der Waals surface area contributed by atoms with E-state index in [1.807, 2.05) is 6.92 Å². The number of aromatic nitrogens is 2. The van der Waals surface area contributed by atoms with E-state index in [2.05, 4.69) is 36.2 Å². The van der Waals surface area contributed by atoms with Crippen molar-refractivity contribution in [3.8, 4) is 0 Å². The zero-order valence-corrected chi connectivity index (χ0v) is 13.7. The third-order valence-electron chi connectivity index (χ3n) is 2.02. The van der Waals surface area contributed by atoms with Crippen LogP contribution >= 0.6 is 27.3 Å². The summed E-state index contributed by atoms with van der Waals surface area (Å²) in [5, 5.41) is 9.70. The zero-order valence-electron chi connectivity index (χ0n) is 10.5. The van der Waals surface area contributed by atoms with Crippen molar-refractivity contribution in [2.24, 2.45) is 0 Å². The number of alkyl halides is 1. The van der Waals surface area contributed by atoms with Crippen LogP contribution in [0, 0.1) is 0 Å². The Morgan fingerprint density at radius 2 is 2.16 bits per heavy atom. The molecular formula is C9H15BrN4O3S2. The van der Waals surface area contributed by atoms with Crippen LogP contribution < -0.4 is 10.0 Å². The summed E-state index contributed by atoms with van der Waals surface area (Å²) >= 11 is 4.20. The van der Waals surface area contributed by atoms with Gasteiger partial charge in [-0.1, -0.05) is 40.6 Å². The number of halogens is 1. The Balaban J connectivity index is 2.66. The number of hydrogen-bond acceptors (Lipinski definition) is 6. The molecule has 0 radical (unpaired) electrons. The topological polar surface area (TPSA) is 101 Å². The lowest BCUT2D eigenvalue weighted by molar-refractivity contribution is -0.114. The van der Waals surface area contributed by atoms with Crippen LogP contribution in [-0.4, -0.2) is 35.9 Å². The van der Waals surface area contributed by atoms with E-state index in [4.69, 9.17) is 0 Å². The summed E-state index contributed by atoms with van der Waals surface area (Å²) in [6.07, 6.45) is 1.83. The van der Waals surface area contributed by atoms with Gasteiger partial charge in [0.25, 0.3) is 10.0 Å². The Kier molecular flexibility index (Phi) is 6.30. The fourth-order valence-corrected chi connectivity index (χ4v) is 4.10. The van der Waals surface area contributed by atoms with Crippen LogP contribution in [0.15, 0.2) is 4.34 Å². The van der Waals surface area contributed by atoms with Crippen LogP contribution in [0.4, 0.5) is 5.13 Å². The summed E-state index contributed by atoms with van der Waals surface area (Å²) in [5.41, 5.74) is 0. The van der Waals surface area contributed by atoms with Crippen LogP contribution in [0.2, 0.25) is 0 Å². The van der Waals surface area contributed by atoms with E-state index in [1.165, 1.54) is 6.92 Å². The van der Waals surface area contributed by atoms with Gasteiger partial charge < -0.3 is 5.32 Å². The van der Waals surface area contributed by atoms with E-state index < -0.39 is 10.0 Å². The van der Waals surface area contributed by atoms with Gasteiger partial charge >= 0.3 is 0 Å². The Hall–Kier alpha value is -0.580. The Morgan fingerprint density at radius 3 is 2.74 bits per heavy atom. The minimum absolute atomic E-state index is 0.0787. The molecule has 1 unspecified atom stereocenters. The fourth-order valence-electron chi connectivity index (χ4n) is 1.20. The summed E-state index contributed by atoms with van der Waals surface area (Å²) < 4.78 is 26.1. The first-order valence-corrected chi connectivity index (χ1v) is 8.81. The van der Waals surface area contributed by atoms with Crippen molar-refractivity contribution in [3.05, 3.63) is 0 Å². The van der Waals surface area contributed by atoms with Crippen LogP contribution in [0.1, 0.15) is 26.7 Å². The quantitative estimate of drug-likeness (QED) is 0.556. The molecule has 0 aromatic carbocycles. The van der Waals surface area contributed by atoms with Gasteiger partial charge in [-0.05, 0) is 6.42 Å². The molecule has 0 spiro atoms. The molecule has 0 saturated carbocycles. The van der Waals surface area contributed by atoms with Crippen molar-refractivity contribution in [1.29, 1.82) is 0 Å². The number of carbonyl (C=O) groups excluding carboxylic acids is 1. The van der Waals surface area contributed by atoms with Gasteiger partial charge in [-0.2, -0.15) is 0 Å². The maximum absolute atomic E-state index is 11.9. The molecule has 0 bridgehead atoms. The lowest BCUT2D eigenvalue weighted by Crippen LogP contribution is -2.29. The summed E-state index contributed by atoms with van der Waals surface area (Å²) in [6, 6.07) is 0. The molecule has 0 fully saturated rings. The van der Waals surface area contributed by atoms with Gasteiger partial charge in [-0.15, -0.1) is 10.2 Å². The van der Waals surface area contributed by atoms with E-state index in [9.17, 15) is 13.2 Å². The Morgan fingerprint density at radius 1 is 1.47 bits per heavy atom. The molecule has 10 heteroatoms. The van der Waals surface area contributed by atoms with Gasteiger partial charge in [0.05, 0.1) is 0 Å². The molecule has 7 nitrogen and oxygen atoms in total. The molecule has 1 heterocycles. The highest BCUT2D eigenvalue weighted by Crippen LogP contribution is 2.19. The first-order chi connectivity index (χ1) is 8.85. The number of amides is 1. The van der Waals surface area contributed by atoms with Crippen LogP contribution in [-0.2, 0) is 14.8 Å². The van der Waals surface area contributed by atoms with Crippen LogP contribution in [0.25, 0.3) is 0 Å². The molecule has 2 N–H and O–H groups in total. The van der Waals surface area contributed by atoms with Gasteiger partial charge in [0.1, 0.15) is 0 Å². The molecule has 1 atom stereocenters. The molecule has 1 aromatic heterocycles. The first-order valence-electron chi connectivity index (χ1n) is 5.60. The lowest BCUT2D eigenvalue weighted by Gasteiger charge is -2.08. The molecule has 1 amide bonds. The summed E-state index contributed by atoms with van der Waals surface area (Å²) in [6.45, 7) is 3.62. The molecule has 1 aromatic rings. The van der Waals surface area contributed by atoms with Gasteiger partial charge in [0.2, 0.25) is 15.4 Å². The maximum atomic E-state index is 11.9. The second-order valence-corrected chi connectivity index (χ2v) is 8.01. The standard InChI is InChI=1S/C9H15BrN4O3S2/c1-3-4-7(10)5-11-19(16,17)9-14-13-8(18-9)12-6(2)15/h7,11H,3-5H2,1-2H3,(H,12,13,15). The van der Waals surface area contributed by atoms with Crippen molar-refractivity contribution in [1.82, 2.24) is 14.9 Å². The number of sulfonamides is 1. The Labute approximate surface area is 124 Å². The van der Waals surface area contributed by atoms with E-state index in [1.54, 1.807) is 0 Å². The largest absolute Gasteiger partial charge is 0.301 e. The van der Waals surface area contributed by atoms with Crippen molar-refractivity contribution in [3.63, 3.8) is 0 Å². The molecule has 0 aliphatic rings. The predicted octanol–water partition coefficient (Wildman–Crippen LogP) is 1.34. The van der Waals surface area contributed by atoms with E-state index in [0.29, 0.717) is 0 Å². The van der Waals surface area contributed by atoms with Crippen LogP contribution in [0.5, 0.6) is 0 Å². The van der Waals surface area contributed by atoms with Gasteiger partial charge in [0, 0.05) is 18.3 Å². The molecular weight excluding hydrogens is 356 g/mol. The maximum Gasteiger partial charge on any atom is 0.269 e. The molecule has 0 aliphatic carbocycles. The summed E-state index contributed by atoms with van der Waals surface area (Å²) in [5.74, 6) is -0.323. The highest BCUT2D eigenvalue weighted by molar-refractivity contribution is 9.09. The smallest absolute Gasteiger partial charge is 0.269 e. The number of rotatable bonds is 7. The van der Waals surface area contributed by atoms with E-state index in [-0.39, 0.29) is 26.8 Å². The third-order valence-corrected chi connectivity index (χ3v) is 5.43. The number of nitrogens with one attached hydrogen (secondary N) is 2. The van der Waals surface area contributed by atoms with Gasteiger partial charge in [0.15, 0.2) is 0 Å². The molecule has 108 valence electrons. The van der Waals surface area contributed by atoms with Crippen LogP contribution in [0.3, 0.4) is 0 Å². The predicted molar refractivity (Wildman–Crippen MR) is 77.0 cm³/mol. The second-order valence-electron chi connectivity index (χ2n) is 3.79. The van der Waals surface area contributed by atoms with Gasteiger partial charge in [-0.3, -0.25) is 4.79 Å². The molecule has 19 heavy (non-hydrogen) atoms. The van der Waals surface area contributed by atoms with Crippen molar-refractivity contribution >= 4 is 48.3 Å². The number of carbonyl (C=O) groups is 1.